The molecule has 16 heavy (non-hydrogen) atoms. The summed E-state index contributed by atoms with van der Waals surface area (Å²) in [7, 11) is 0. The van der Waals surface area contributed by atoms with Gasteiger partial charge in [-0.05, 0) is 19.1 Å². The van der Waals surface area contributed by atoms with Gasteiger partial charge in [0.15, 0.2) is 0 Å². The van der Waals surface area contributed by atoms with Crippen molar-refractivity contribution in [3.8, 4) is 0 Å². The van der Waals surface area contributed by atoms with Gasteiger partial charge in [-0.15, -0.1) is 0 Å². The van der Waals surface area contributed by atoms with E-state index in [0.717, 1.165) is 0 Å². The molecule has 0 atom stereocenters. The number of rotatable bonds is 4. The molecule has 0 aliphatic rings. The Morgan fingerprint density at radius 1 is 1.38 bits per heavy atom. The molecule has 0 heterocycles. The summed E-state index contributed by atoms with van der Waals surface area (Å²) in [5, 5.41) is 12.3. The van der Waals surface area contributed by atoms with Crippen LogP contribution < -0.4 is 10.9 Å². The quantitative estimate of drug-likeness (QED) is 0.527. The molecular formula is C11H13N3O2. The highest BCUT2D eigenvalue weighted by atomic mass is 16.5. The molecule has 1 aromatic carbocycles. The van der Waals surface area contributed by atoms with Crippen LogP contribution in [0.4, 0.5) is 0 Å². The fourth-order valence-electron chi connectivity index (χ4n) is 0.937. The van der Waals surface area contributed by atoms with Crippen molar-refractivity contribution < 1.29 is 10.0 Å². The van der Waals surface area contributed by atoms with Crippen LogP contribution in [0.5, 0.6) is 0 Å². The molecule has 84 valence electrons. The van der Waals surface area contributed by atoms with Gasteiger partial charge in [0.2, 0.25) is 0 Å². The molecule has 5 heteroatoms. The first kappa shape index (κ1) is 11.9. The number of hydroxylamine groups is 1. The number of carbonyl (C=O) groups is 1. The van der Waals surface area contributed by atoms with Gasteiger partial charge in [-0.25, -0.2) is 5.43 Å². The maximum atomic E-state index is 11.5. The number of benzene rings is 1. The average molecular weight is 219 g/mol. The summed E-state index contributed by atoms with van der Waals surface area (Å²) in [6.07, 6.45) is 0. The second kappa shape index (κ2) is 5.67. The largest absolute Gasteiger partial charge is 0.291 e. The Morgan fingerprint density at radius 3 is 2.56 bits per heavy atom. The molecule has 0 fully saturated rings. The maximum Gasteiger partial charge on any atom is 0.271 e. The summed E-state index contributed by atoms with van der Waals surface area (Å²) in [4.78, 5) is 11.5. The van der Waals surface area contributed by atoms with E-state index in [1.165, 1.54) is 0 Å². The summed E-state index contributed by atoms with van der Waals surface area (Å²) < 4.78 is 0. The van der Waals surface area contributed by atoms with Gasteiger partial charge in [-0.3, -0.25) is 15.5 Å². The SMILES string of the molecule is C=C(NO)C(C)=NNC(=O)c1ccccc1. The van der Waals surface area contributed by atoms with Crippen molar-refractivity contribution in [2.75, 3.05) is 0 Å². The zero-order valence-corrected chi connectivity index (χ0v) is 8.90. The Hall–Kier alpha value is -2.14. The van der Waals surface area contributed by atoms with Gasteiger partial charge in [0, 0.05) is 5.56 Å². The number of hydrogen-bond acceptors (Lipinski definition) is 4. The normalized spacial score (nSPS) is 10.8. The Morgan fingerprint density at radius 2 is 2.00 bits per heavy atom. The summed E-state index contributed by atoms with van der Waals surface area (Å²) in [6, 6.07) is 8.71. The van der Waals surface area contributed by atoms with Crippen molar-refractivity contribution in [3.05, 3.63) is 48.2 Å². The van der Waals surface area contributed by atoms with E-state index in [2.05, 4.69) is 17.1 Å². The van der Waals surface area contributed by atoms with E-state index in [1.54, 1.807) is 31.2 Å². The summed E-state index contributed by atoms with van der Waals surface area (Å²) >= 11 is 0. The van der Waals surface area contributed by atoms with Crippen LogP contribution in [-0.4, -0.2) is 16.8 Å². The third-order valence-electron chi connectivity index (χ3n) is 1.93. The Labute approximate surface area is 93.4 Å². The maximum absolute atomic E-state index is 11.5. The first-order valence-corrected chi connectivity index (χ1v) is 4.64. The highest BCUT2D eigenvalue weighted by molar-refractivity contribution is 5.99. The van der Waals surface area contributed by atoms with Crippen LogP contribution in [0, 0.1) is 0 Å². The molecule has 0 unspecified atom stereocenters. The van der Waals surface area contributed by atoms with Crippen molar-refractivity contribution in [2.24, 2.45) is 5.10 Å². The molecule has 0 bridgehead atoms. The molecule has 0 radical (unpaired) electrons. The van der Waals surface area contributed by atoms with Gasteiger partial charge >= 0.3 is 0 Å². The number of hydrazone groups is 1. The molecule has 1 amide bonds. The minimum atomic E-state index is -0.314. The molecule has 1 aromatic rings. The van der Waals surface area contributed by atoms with E-state index in [9.17, 15) is 4.79 Å². The molecule has 0 spiro atoms. The van der Waals surface area contributed by atoms with Crippen molar-refractivity contribution >= 4 is 11.6 Å². The predicted molar refractivity (Wildman–Crippen MR) is 61.1 cm³/mol. The lowest BCUT2D eigenvalue weighted by Gasteiger charge is -2.03. The fraction of sp³-hybridized carbons (Fsp3) is 0.0909. The van der Waals surface area contributed by atoms with E-state index in [1.807, 2.05) is 11.5 Å². The minimum absolute atomic E-state index is 0.230. The lowest BCUT2D eigenvalue weighted by atomic mass is 10.2. The van der Waals surface area contributed by atoms with Crippen LogP contribution in [0.3, 0.4) is 0 Å². The van der Waals surface area contributed by atoms with Gasteiger partial charge in [-0.2, -0.15) is 5.10 Å². The predicted octanol–water partition coefficient (Wildman–Crippen LogP) is 1.28. The first-order chi connectivity index (χ1) is 7.65. The molecule has 3 N–H and O–H groups in total. The van der Waals surface area contributed by atoms with Crippen LogP contribution >= 0.6 is 0 Å². The van der Waals surface area contributed by atoms with Crippen molar-refractivity contribution in [1.29, 1.82) is 0 Å². The Bertz CT molecular complexity index is 412. The lowest BCUT2D eigenvalue weighted by molar-refractivity contribution is 0.0954. The molecule has 0 aromatic heterocycles. The van der Waals surface area contributed by atoms with E-state index in [4.69, 9.17) is 5.21 Å². The lowest BCUT2D eigenvalue weighted by Crippen LogP contribution is -2.21. The van der Waals surface area contributed by atoms with Crippen LogP contribution in [0.25, 0.3) is 0 Å². The van der Waals surface area contributed by atoms with Gasteiger partial charge in [0.25, 0.3) is 5.91 Å². The second-order valence-electron chi connectivity index (χ2n) is 3.09. The number of carbonyl (C=O) groups excluding carboxylic acids is 1. The van der Waals surface area contributed by atoms with Crippen molar-refractivity contribution in [1.82, 2.24) is 10.9 Å². The third-order valence-corrected chi connectivity index (χ3v) is 1.93. The van der Waals surface area contributed by atoms with E-state index < -0.39 is 0 Å². The Kier molecular flexibility index (Phi) is 4.23. The molecule has 0 saturated heterocycles. The number of nitrogens with zero attached hydrogens (tertiary/aromatic N) is 1. The topological polar surface area (TPSA) is 73.7 Å². The highest BCUT2D eigenvalue weighted by Crippen LogP contribution is 1.97. The molecule has 0 aliphatic carbocycles. The van der Waals surface area contributed by atoms with E-state index in [-0.39, 0.29) is 11.6 Å². The first-order valence-electron chi connectivity index (χ1n) is 4.64. The number of hydrogen-bond donors (Lipinski definition) is 3. The van der Waals surface area contributed by atoms with Gasteiger partial charge in [0.05, 0.1) is 11.4 Å². The molecule has 5 nitrogen and oxygen atoms in total. The molecule has 1 rings (SSSR count). The third kappa shape index (κ3) is 3.21. The standard InChI is InChI=1S/C11H13N3O2/c1-8(9(2)14-16)12-13-11(15)10-6-4-3-5-7-10/h3-7,14,16H,2H2,1H3,(H,13,15). The summed E-state index contributed by atoms with van der Waals surface area (Å²) in [6.45, 7) is 5.09. The minimum Gasteiger partial charge on any atom is -0.291 e. The number of amides is 1. The van der Waals surface area contributed by atoms with Gasteiger partial charge in [0.1, 0.15) is 0 Å². The van der Waals surface area contributed by atoms with Crippen LogP contribution in [-0.2, 0) is 0 Å². The molecule has 0 saturated carbocycles. The highest BCUT2D eigenvalue weighted by Gasteiger charge is 2.03. The van der Waals surface area contributed by atoms with Crippen LogP contribution in [0.15, 0.2) is 47.7 Å². The smallest absolute Gasteiger partial charge is 0.271 e. The zero-order valence-electron chi connectivity index (χ0n) is 8.90. The summed E-state index contributed by atoms with van der Waals surface area (Å²) in [5.41, 5.74) is 5.34. The fourth-order valence-corrected chi connectivity index (χ4v) is 0.937. The van der Waals surface area contributed by atoms with Gasteiger partial charge < -0.3 is 0 Å². The summed E-state index contributed by atoms with van der Waals surface area (Å²) in [5.74, 6) is -0.314. The Balaban J connectivity index is 2.63. The molecule has 0 aliphatic heterocycles. The number of nitrogens with one attached hydrogen (secondary N) is 2. The average Bonchev–Trinajstić information content (AvgIpc) is 2.35. The monoisotopic (exact) mass is 219 g/mol. The van der Waals surface area contributed by atoms with Crippen molar-refractivity contribution in [3.63, 3.8) is 0 Å². The second-order valence-corrected chi connectivity index (χ2v) is 3.09. The van der Waals surface area contributed by atoms with Crippen molar-refractivity contribution in [2.45, 2.75) is 6.92 Å². The van der Waals surface area contributed by atoms with E-state index >= 15 is 0 Å². The van der Waals surface area contributed by atoms with Gasteiger partial charge in [-0.1, -0.05) is 24.8 Å². The van der Waals surface area contributed by atoms with Crippen LogP contribution in [0.1, 0.15) is 17.3 Å². The van der Waals surface area contributed by atoms with E-state index in [0.29, 0.717) is 11.3 Å². The molecular weight excluding hydrogens is 206 g/mol. The van der Waals surface area contributed by atoms with Crippen LogP contribution in [0.2, 0.25) is 0 Å². The number of allylic oxidation sites excluding steroid dienone is 1. The zero-order chi connectivity index (χ0) is 12.0.